The van der Waals surface area contributed by atoms with Crippen LogP contribution in [-0.2, 0) is 6.42 Å². The largest absolute Gasteiger partial charge is 0.360 e. The average molecular weight is 360 g/mol. The third-order valence-electron chi connectivity index (χ3n) is 5.69. The lowest BCUT2D eigenvalue weighted by molar-refractivity contribution is 0.155. The zero-order chi connectivity index (χ0) is 17.6. The Bertz CT molecular complexity index is 537. The minimum atomic E-state index is 0.508. The van der Waals surface area contributed by atoms with Crippen LogP contribution in [0, 0.1) is 11.8 Å². The lowest BCUT2D eigenvalue weighted by Crippen LogP contribution is -2.43. The molecule has 1 atom stereocenters. The second-order valence-corrected chi connectivity index (χ2v) is 8.54. The molecule has 0 radical (unpaired) electrons. The van der Waals surface area contributed by atoms with Gasteiger partial charge in [0.2, 0.25) is 0 Å². The summed E-state index contributed by atoms with van der Waals surface area (Å²) in [5.74, 6) is 1.59. The van der Waals surface area contributed by atoms with Crippen LogP contribution < -0.4 is 5.32 Å². The normalized spacial score (nSPS) is 22.6. The van der Waals surface area contributed by atoms with E-state index in [1.54, 1.807) is 0 Å². The maximum atomic E-state index is 5.60. The van der Waals surface area contributed by atoms with Gasteiger partial charge < -0.3 is 15.1 Å². The van der Waals surface area contributed by atoms with Crippen molar-refractivity contribution in [1.29, 1.82) is 0 Å². The molecule has 2 fully saturated rings. The summed E-state index contributed by atoms with van der Waals surface area (Å²) >= 11 is 5.60. The zero-order valence-corrected chi connectivity index (χ0v) is 16.6. The van der Waals surface area contributed by atoms with Crippen LogP contribution in [0.25, 0.3) is 0 Å². The molecule has 1 aromatic carbocycles. The Balaban J connectivity index is 1.48. The van der Waals surface area contributed by atoms with Crippen molar-refractivity contribution >= 4 is 17.3 Å². The summed E-state index contributed by atoms with van der Waals surface area (Å²) in [5.41, 5.74) is 1.41. The molecule has 2 heterocycles. The van der Waals surface area contributed by atoms with E-state index >= 15 is 0 Å². The third kappa shape index (κ3) is 5.42. The van der Waals surface area contributed by atoms with Crippen molar-refractivity contribution in [2.45, 2.75) is 45.6 Å². The Morgan fingerprint density at radius 2 is 1.88 bits per heavy atom. The van der Waals surface area contributed by atoms with E-state index in [1.807, 2.05) is 0 Å². The molecule has 25 heavy (non-hydrogen) atoms. The molecule has 3 nitrogen and oxygen atoms in total. The molecule has 138 valence electrons. The van der Waals surface area contributed by atoms with Crippen LogP contribution >= 0.6 is 12.2 Å². The SMILES string of the molecule is CC(C)CCN1CCC(CN2C(=S)NC[C@@H]2Cc2ccccc2)CC1. The van der Waals surface area contributed by atoms with Gasteiger partial charge in [0.05, 0.1) is 6.04 Å². The maximum Gasteiger partial charge on any atom is 0.169 e. The van der Waals surface area contributed by atoms with E-state index in [0.29, 0.717) is 6.04 Å². The van der Waals surface area contributed by atoms with E-state index in [9.17, 15) is 0 Å². The minimum absolute atomic E-state index is 0.508. The number of nitrogens with zero attached hydrogens (tertiary/aromatic N) is 2. The summed E-state index contributed by atoms with van der Waals surface area (Å²) in [7, 11) is 0. The Morgan fingerprint density at radius 1 is 1.16 bits per heavy atom. The highest BCUT2D eigenvalue weighted by atomic mass is 32.1. The van der Waals surface area contributed by atoms with Crippen molar-refractivity contribution in [3.63, 3.8) is 0 Å². The first-order chi connectivity index (χ1) is 12.1. The van der Waals surface area contributed by atoms with Gasteiger partial charge in [-0.15, -0.1) is 0 Å². The number of benzene rings is 1. The van der Waals surface area contributed by atoms with Gasteiger partial charge in [-0.1, -0.05) is 44.2 Å². The van der Waals surface area contributed by atoms with Crippen LogP contribution in [0.15, 0.2) is 30.3 Å². The molecule has 2 aliphatic rings. The van der Waals surface area contributed by atoms with Gasteiger partial charge in [-0.2, -0.15) is 0 Å². The molecule has 3 rings (SSSR count). The van der Waals surface area contributed by atoms with Crippen molar-refractivity contribution < 1.29 is 0 Å². The first-order valence-electron chi connectivity index (χ1n) is 9.92. The molecule has 4 heteroatoms. The highest BCUT2D eigenvalue weighted by molar-refractivity contribution is 7.80. The highest BCUT2D eigenvalue weighted by Gasteiger charge is 2.31. The number of hydrogen-bond acceptors (Lipinski definition) is 2. The second-order valence-electron chi connectivity index (χ2n) is 8.15. The lowest BCUT2D eigenvalue weighted by atomic mass is 9.95. The Labute approximate surface area is 158 Å². The van der Waals surface area contributed by atoms with Gasteiger partial charge in [0.15, 0.2) is 5.11 Å². The standard InChI is InChI=1S/C21H33N3S/c1-17(2)8-11-23-12-9-19(10-13-23)16-24-20(15-22-21(24)25)14-18-6-4-3-5-7-18/h3-7,17,19-20H,8-16H2,1-2H3,(H,22,25)/t20-/m0/s1. The fraction of sp³-hybridized carbons (Fsp3) is 0.667. The van der Waals surface area contributed by atoms with Gasteiger partial charge >= 0.3 is 0 Å². The van der Waals surface area contributed by atoms with Crippen LogP contribution in [0.4, 0.5) is 0 Å². The quantitative estimate of drug-likeness (QED) is 0.750. The predicted octanol–water partition coefficient (Wildman–Crippen LogP) is 3.55. The van der Waals surface area contributed by atoms with Crippen molar-refractivity contribution in [2.24, 2.45) is 11.8 Å². The maximum absolute atomic E-state index is 5.60. The molecule has 0 bridgehead atoms. The minimum Gasteiger partial charge on any atom is -0.360 e. The Kier molecular flexibility index (Phi) is 6.71. The van der Waals surface area contributed by atoms with Gasteiger partial charge in [0, 0.05) is 13.1 Å². The van der Waals surface area contributed by atoms with Crippen LogP contribution in [-0.4, -0.2) is 53.7 Å². The molecule has 0 unspecified atom stereocenters. The molecule has 0 spiro atoms. The van der Waals surface area contributed by atoms with E-state index in [-0.39, 0.29) is 0 Å². The fourth-order valence-corrected chi connectivity index (χ4v) is 4.30. The lowest BCUT2D eigenvalue weighted by Gasteiger charge is -2.36. The van der Waals surface area contributed by atoms with Gasteiger partial charge in [0.1, 0.15) is 0 Å². The van der Waals surface area contributed by atoms with Crippen molar-refractivity contribution in [1.82, 2.24) is 15.1 Å². The monoisotopic (exact) mass is 359 g/mol. The summed E-state index contributed by atoms with van der Waals surface area (Å²) in [5, 5.41) is 4.38. The molecule has 1 aromatic rings. The summed E-state index contributed by atoms with van der Waals surface area (Å²) in [6, 6.07) is 11.3. The summed E-state index contributed by atoms with van der Waals surface area (Å²) in [6.07, 6.45) is 5.04. The van der Waals surface area contributed by atoms with E-state index in [0.717, 1.165) is 36.5 Å². The Hall–Kier alpha value is -1.13. The van der Waals surface area contributed by atoms with E-state index < -0.39 is 0 Å². The molecular weight excluding hydrogens is 326 g/mol. The summed E-state index contributed by atoms with van der Waals surface area (Å²) in [4.78, 5) is 5.12. The van der Waals surface area contributed by atoms with Gasteiger partial charge in [-0.25, -0.2) is 0 Å². The average Bonchev–Trinajstić information content (AvgIpc) is 2.95. The van der Waals surface area contributed by atoms with Gasteiger partial charge in [-0.05, 0) is 74.9 Å². The molecule has 0 saturated carbocycles. The number of likely N-dealkylation sites (tertiary alicyclic amines) is 1. The summed E-state index contributed by atoms with van der Waals surface area (Å²) < 4.78 is 0. The van der Waals surface area contributed by atoms with E-state index in [2.05, 4.69) is 59.3 Å². The van der Waals surface area contributed by atoms with Crippen molar-refractivity contribution in [2.75, 3.05) is 32.7 Å². The summed E-state index contributed by atoms with van der Waals surface area (Å²) in [6.45, 7) is 10.5. The topological polar surface area (TPSA) is 18.5 Å². The molecule has 0 aliphatic carbocycles. The number of nitrogens with one attached hydrogen (secondary N) is 1. The van der Waals surface area contributed by atoms with E-state index in [4.69, 9.17) is 12.2 Å². The Morgan fingerprint density at radius 3 is 2.56 bits per heavy atom. The molecular formula is C21H33N3S. The first-order valence-corrected chi connectivity index (χ1v) is 10.3. The first kappa shape index (κ1) is 18.7. The molecule has 0 amide bonds. The molecule has 2 saturated heterocycles. The molecule has 0 aromatic heterocycles. The predicted molar refractivity (Wildman–Crippen MR) is 110 cm³/mol. The van der Waals surface area contributed by atoms with Crippen LogP contribution in [0.5, 0.6) is 0 Å². The molecule has 1 N–H and O–H groups in total. The van der Waals surface area contributed by atoms with Crippen LogP contribution in [0.2, 0.25) is 0 Å². The van der Waals surface area contributed by atoms with Crippen LogP contribution in [0.3, 0.4) is 0 Å². The van der Waals surface area contributed by atoms with Crippen LogP contribution in [0.1, 0.15) is 38.7 Å². The third-order valence-corrected chi connectivity index (χ3v) is 6.07. The van der Waals surface area contributed by atoms with E-state index in [1.165, 1.54) is 44.5 Å². The van der Waals surface area contributed by atoms with Crippen molar-refractivity contribution in [3.05, 3.63) is 35.9 Å². The molecule has 2 aliphatic heterocycles. The van der Waals surface area contributed by atoms with Gasteiger partial charge in [0.25, 0.3) is 0 Å². The zero-order valence-electron chi connectivity index (χ0n) is 15.8. The smallest absolute Gasteiger partial charge is 0.169 e. The number of rotatable bonds is 7. The van der Waals surface area contributed by atoms with Gasteiger partial charge in [-0.3, -0.25) is 0 Å². The number of piperidine rings is 1. The fourth-order valence-electron chi connectivity index (χ4n) is 3.99. The second kappa shape index (κ2) is 9.00. The number of thiocarbonyl (C=S) groups is 1. The number of hydrogen-bond donors (Lipinski definition) is 1. The van der Waals surface area contributed by atoms with Crippen molar-refractivity contribution in [3.8, 4) is 0 Å². The highest BCUT2D eigenvalue weighted by Crippen LogP contribution is 2.23.